The summed E-state index contributed by atoms with van der Waals surface area (Å²) in [6, 6.07) is 7.51. The van der Waals surface area contributed by atoms with Gasteiger partial charge in [0.05, 0.1) is 6.61 Å². The number of aromatic nitrogens is 1. The molecule has 0 aliphatic carbocycles. The van der Waals surface area contributed by atoms with Crippen LogP contribution in [-0.2, 0) is 4.74 Å². The molecule has 122 valence electrons. The Morgan fingerprint density at radius 3 is 2.77 bits per heavy atom. The highest BCUT2D eigenvalue weighted by atomic mass is 35.5. The molecule has 0 radical (unpaired) electrons. The lowest BCUT2D eigenvalue weighted by Gasteiger charge is -2.08. The van der Waals surface area contributed by atoms with Crippen molar-refractivity contribution in [3.63, 3.8) is 0 Å². The summed E-state index contributed by atoms with van der Waals surface area (Å²) < 4.78 is 4.93. The number of hydrogen-bond acceptors (Lipinski definition) is 4. The molecule has 5 nitrogen and oxygen atoms in total. The Morgan fingerprint density at radius 2 is 2.00 bits per heavy atom. The Labute approximate surface area is 142 Å². The lowest BCUT2D eigenvalue weighted by atomic mass is 10.1. The van der Waals surface area contributed by atoms with Crippen molar-refractivity contribution in [1.29, 1.82) is 0 Å². The van der Waals surface area contributed by atoms with Crippen LogP contribution in [0.4, 0.5) is 0 Å². The van der Waals surface area contributed by atoms with Crippen LogP contribution in [0.25, 0.3) is 10.8 Å². The first-order chi connectivity index (χ1) is 9.83. The van der Waals surface area contributed by atoms with E-state index in [1.807, 2.05) is 24.3 Å². The first-order valence-electron chi connectivity index (χ1n) is 6.63. The molecule has 0 spiro atoms. The van der Waals surface area contributed by atoms with Gasteiger partial charge in [0.15, 0.2) is 0 Å². The maximum Gasteiger partial charge on any atom is 0.251 e. The fourth-order valence-electron chi connectivity index (χ4n) is 1.98. The van der Waals surface area contributed by atoms with E-state index in [1.165, 1.54) is 0 Å². The monoisotopic (exact) mass is 345 g/mol. The maximum absolute atomic E-state index is 12.2. The number of nitrogens with zero attached hydrogens (tertiary/aromatic N) is 1. The molecule has 1 aromatic heterocycles. The fourth-order valence-corrected chi connectivity index (χ4v) is 1.98. The Balaban J connectivity index is 0.00000220. The van der Waals surface area contributed by atoms with Crippen molar-refractivity contribution in [1.82, 2.24) is 15.6 Å². The van der Waals surface area contributed by atoms with Crippen LogP contribution in [0.3, 0.4) is 0 Å². The van der Waals surface area contributed by atoms with Crippen molar-refractivity contribution in [2.75, 3.05) is 33.4 Å². The van der Waals surface area contributed by atoms with Gasteiger partial charge in [-0.3, -0.25) is 9.78 Å². The minimum absolute atomic E-state index is 0. The Morgan fingerprint density at radius 1 is 1.18 bits per heavy atom. The molecule has 0 atom stereocenters. The predicted octanol–water partition coefficient (Wildman–Crippen LogP) is 2.04. The summed E-state index contributed by atoms with van der Waals surface area (Å²) in [5.41, 5.74) is 0.682. The second-order valence-corrected chi connectivity index (χ2v) is 4.40. The number of hydrogen-bond donors (Lipinski definition) is 2. The topological polar surface area (TPSA) is 63.2 Å². The molecule has 7 heteroatoms. The lowest BCUT2D eigenvalue weighted by Crippen LogP contribution is -2.33. The van der Waals surface area contributed by atoms with Gasteiger partial charge in [0.25, 0.3) is 5.91 Å². The van der Waals surface area contributed by atoms with Gasteiger partial charge >= 0.3 is 0 Å². The molecule has 0 saturated heterocycles. The average molecular weight is 346 g/mol. The zero-order valence-electron chi connectivity index (χ0n) is 12.4. The van der Waals surface area contributed by atoms with E-state index in [9.17, 15) is 4.79 Å². The summed E-state index contributed by atoms with van der Waals surface area (Å²) in [7, 11) is 1.67. The third-order valence-corrected chi connectivity index (χ3v) is 3.00. The first kappa shape index (κ1) is 20.6. The molecule has 1 aromatic carbocycles. The zero-order chi connectivity index (χ0) is 14.2. The average Bonchev–Trinajstić information content (AvgIpc) is 2.50. The second-order valence-electron chi connectivity index (χ2n) is 4.40. The third kappa shape index (κ3) is 5.77. The molecule has 0 aliphatic rings. The van der Waals surface area contributed by atoms with Crippen LogP contribution in [-0.4, -0.2) is 44.2 Å². The van der Waals surface area contributed by atoms with Gasteiger partial charge in [-0.25, -0.2) is 0 Å². The number of nitrogens with one attached hydrogen (secondary N) is 2. The fraction of sp³-hybridized carbons (Fsp3) is 0.333. The van der Waals surface area contributed by atoms with Gasteiger partial charge in [-0.15, -0.1) is 24.8 Å². The summed E-state index contributed by atoms with van der Waals surface area (Å²) in [4.78, 5) is 16.2. The molecule has 2 rings (SSSR count). The largest absolute Gasteiger partial charge is 0.383 e. The van der Waals surface area contributed by atoms with Crippen LogP contribution in [0, 0.1) is 0 Å². The minimum Gasteiger partial charge on any atom is -0.383 e. The number of rotatable bonds is 7. The summed E-state index contributed by atoms with van der Waals surface area (Å²) >= 11 is 0. The zero-order valence-corrected chi connectivity index (χ0v) is 14.0. The van der Waals surface area contributed by atoms with E-state index < -0.39 is 0 Å². The lowest BCUT2D eigenvalue weighted by molar-refractivity contribution is 0.0955. The van der Waals surface area contributed by atoms with Gasteiger partial charge in [-0.2, -0.15) is 0 Å². The highest BCUT2D eigenvalue weighted by Gasteiger charge is 2.08. The summed E-state index contributed by atoms with van der Waals surface area (Å²) in [6.45, 7) is 2.77. The molecule has 2 aromatic rings. The highest BCUT2D eigenvalue weighted by Crippen LogP contribution is 2.16. The summed E-state index contributed by atoms with van der Waals surface area (Å²) in [6.07, 6.45) is 3.46. The molecule has 0 bridgehead atoms. The van der Waals surface area contributed by atoms with E-state index >= 15 is 0 Å². The van der Waals surface area contributed by atoms with E-state index in [0.717, 1.165) is 23.9 Å². The highest BCUT2D eigenvalue weighted by molar-refractivity contribution is 6.06. The molecule has 1 heterocycles. The van der Waals surface area contributed by atoms with Crippen LogP contribution in [0.2, 0.25) is 0 Å². The number of benzene rings is 1. The van der Waals surface area contributed by atoms with E-state index in [1.54, 1.807) is 19.5 Å². The van der Waals surface area contributed by atoms with Crippen molar-refractivity contribution >= 4 is 41.5 Å². The summed E-state index contributed by atoms with van der Waals surface area (Å²) in [5.74, 6) is -0.0599. The van der Waals surface area contributed by atoms with Crippen LogP contribution < -0.4 is 10.6 Å². The number of ether oxygens (including phenoxy) is 1. The number of carbonyl (C=O) groups is 1. The number of amides is 1. The number of carbonyl (C=O) groups excluding carboxylic acids is 1. The maximum atomic E-state index is 12.2. The van der Waals surface area contributed by atoms with E-state index in [4.69, 9.17) is 4.74 Å². The van der Waals surface area contributed by atoms with Crippen molar-refractivity contribution in [3.8, 4) is 0 Å². The number of halogens is 2. The van der Waals surface area contributed by atoms with E-state index in [2.05, 4.69) is 15.6 Å². The van der Waals surface area contributed by atoms with Gasteiger partial charge < -0.3 is 15.4 Å². The summed E-state index contributed by atoms with van der Waals surface area (Å²) in [5, 5.41) is 7.98. The van der Waals surface area contributed by atoms with Gasteiger partial charge in [0, 0.05) is 50.1 Å². The van der Waals surface area contributed by atoms with Crippen LogP contribution in [0.1, 0.15) is 10.4 Å². The predicted molar refractivity (Wildman–Crippen MR) is 93.3 cm³/mol. The van der Waals surface area contributed by atoms with Gasteiger partial charge in [-0.1, -0.05) is 12.1 Å². The van der Waals surface area contributed by atoms with Gasteiger partial charge in [0.1, 0.15) is 0 Å². The third-order valence-electron chi connectivity index (χ3n) is 3.00. The van der Waals surface area contributed by atoms with Crippen molar-refractivity contribution in [3.05, 3.63) is 42.2 Å². The minimum atomic E-state index is -0.0599. The Bertz CT molecular complexity index is 576. The van der Waals surface area contributed by atoms with Crippen LogP contribution >= 0.6 is 24.8 Å². The van der Waals surface area contributed by atoms with Crippen LogP contribution in [0.15, 0.2) is 36.7 Å². The molecule has 2 N–H and O–H groups in total. The van der Waals surface area contributed by atoms with Crippen molar-refractivity contribution < 1.29 is 9.53 Å². The molecular weight excluding hydrogens is 325 g/mol. The SMILES string of the molecule is COCCNCCNC(=O)c1cccc2cnccc12.Cl.Cl. The number of pyridine rings is 1. The van der Waals surface area contributed by atoms with E-state index in [0.29, 0.717) is 18.7 Å². The molecule has 0 fully saturated rings. The second kappa shape index (κ2) is 11.2. The number of fused-ring (bicyclic) bond motifs is 1. The Kier molecular flexibility index (Phi) is 10.5. The quantitative estimate of drug-likeness (QED) is 0.754. The van der Waals surface area contributed by atoms with Gasteiger partial charge in [0.2, 0.25) is 0 Å². The normalized spacial score (nSPS) is 9.68. The van der Waals surface area contributed by atoms with Crippen molar-refractivity contribution in [2.24, 2.45) is 0 Å². The Hall–Kier alpha value is -1.40. The van der Waals surface area contributed by atoms with Crippen LogP contribution in [0.5, 0.6) is 0 Å². The molecule has 0 aliphatic heterocycles. The molecule has 1 amide bonds. The first-order valence-corrected chi connectivity index (χ1v) is 6.63. The molecule has 0 unspecified atom stereocenters. The van der Waals surface area contributed by atoms with Crippen molar-refractivity contribution in [2.45, 2.75) is 0 Å². The van der Waals surface area contributed by atoms with E-state index in [-0.39, 0.29) is 30.7 Å². The molecule has 0 saturated carbocycles. The number of methoxy groups -OCH3 is 1. The molecular formula is C15H21Cl2N3O2. The molecule has 22 heavy (non-hydrogen) atoms. The smallest absolute Gasteiger partial charge is 0.251 e. The van der Waals surface area contributed by atoms with Gasteiger partial charge in [-0.05, 0) is 17.5 Å². The standard InChI is InChI=1S/C15H19N3O2.2ClH/c1-20-10-9-16-7-8-18-15(19)14-4-2-3-12-11-17-6-5-13(12)14;;/h2-6,11,16H,7-10H2,1H3,(H,18,19);2*1H.